The molecule has 1 aromatic rings. The first-order valence-corrected chi connectivity index (χ1v) is 5.41. The molecular formula is C12H18ClN. The van der Waals surface area contributed by atoms with E-state index in [1.54, 1.807) is 0 Å². The Morgan fingerprint density at radius 1 is 1.43 bits per heavy atom. The molecule has 78 valence electrons. The average molecular weight is 212 g/mol. The minimum atomic E-state index is 0.667. The number of hydrogen-bond donors (Lipinski definition) is 1. The van der Waals surface area contributed by atoms with Crippen molar-refractivity contribution in [2.45, 2.75) is 20.3 Å². The second-order valence-electron chi connectivity index (χ2n) is 3.95. The summed E-state index contributed by atoms with van der Waals surface area (Å²) in [6, 6.07) is 6.27. The maximum absolute atomic E-state index is 5.97. The van der Waals surface area contributed by atoms with Crippen molar-refractivity contribution in [3.8, 4) is 0 Å². The predicted molar refractivity (Wildman–Crippen MR) is 63.0 cm³/mol. The van der Waals surface area contributed by atoms with Crippen molar-refractivity contribution in [1.29, 1.82) is 0 Å². The molecule has 0 radical (unpaired) electrons. The molecule has 1 unspecified atom stereocenters. The summed E-state index contributed by atoms with van der Waals surface area (Å²) in [7, 11) is 1.99. The highest BCUT2D eigenvalue weighted by Crippen LogP contribution is 2.18. The highest BCUT2D eigenvalue weighted by Gasteiger charge is 2.03. The van der Waals surface area contributed by atoms with Gasteiger partial charge >= 0.3 is 0 Å². The van der Waals surface area contributed by atoms with Crippen LogP contribution in [0, 0.1) is 12.8 Å². The zero-order valence-corrected chi connectivity index (χ0v) is 9.86. The van der Waals surface area contributed by atoms with Crippen LogP contribution in [0.2, 0.25) is 5.02 Å². The number of nitrogens with one attached hydrogen (secondary N) is 1. The van der Waals surface area contributed by atoms with E-state index in [1.165, 1.54) is 11.1 Å². The van der Waals surface area contributed by atoms with Gasteiger partial charge in [0, 0.05) is 5.02 Å². The third kappa shape index (κ3) is 3.32. The fourth-order valence-corrected chi connectivity index (χ4v) is 1.77. The van der Waals surface area contributed by atoms with Crippen LogP contribution in [0.1, 0.15) is 18.1 Å². The number of benzene rings is 1. The largest absolute Gasteiger partial charge is 0.319 e. The highest BCUT2D eigenvalue weighted by molar-refractivity contribution is 6.31. The van der Waals surface area contributed by atoms with Gasteiger partial charge in [-0.05, 0) is 50.0 Å². The van der Waals surface area contributed by atoms with Crippen molar-refractivity contribution in [3.63, 3.8) is 0 Å². The summed E-state index contributed by atoms with van der Waals surface area (Å²) in [6.07, 6.45) is 1.11. The van der Waals surface area contributed by atoms with Gasteiger partial charge in [0.2, 0.25) is 0 Å². The molecule has 0 saturated carbocycles. The highest BCUT2D eigenvalue weighted by atomic mass is 35.5. The van der Waals surface area contributed by atoms with Crippen LogP contribution < -0.4 is 5.32 Å². The van der Waals surface area contributed by atoms with Crippen molar-refractivity contribution in [2.75, 3.05) is 13.6 Å². The number of halogens is 1. The first-order chi connectivity index (χ1) is 6.63. The lowest BCUT2D eigenvalue weighted by molar-refractivity contribution is 0.542. The molecule has 1 atom stereocenters. The number of hydrogen-bond acceptors (Lipinski definition) is 1. The minimum absolute atomic E-state index is 0.667. The van der Waals surface area contributed by atoms with E-state index in [1.807, 2.05) is 13.1 Å². The van der Waals surface area contributed by atoms with Gasteiger partial charge in [-0.15, -0.1) is 0 Å². The fourth-order valence-electron chi connectivity index (χ4n) is 1.66. The molecule has 0 heterocycles. The molecule has 0 spiro atoms. The van der Waals surface area contributed by atoms with Gasteiger partial charge in [0.05, 0.1) is 0 Å². The monoisotopic (exact) mass is 211 g/mol. The lowest BCUT2D eigenvalue weighted by Gasteiger charge is -2.11. The molecule has 0 amide bonds. The molecule has 0 aliphatic rings. The van der Waals surface area contributed by atoms with Gasteiger partial charge < -0.3 is 5.32 Å². The standard InChI is InChI=1S/C12H18ClN/c1-9(8-14-3)6-11-4-5-12(13)10(2)7-11/h4-5,7,9,14H,6,8H2,1-3H3. The van der Waals surface area contributed by atoms with Gasteiger partial charge in [0.15, 0.2) is 0 Å². The quantitative estimate of drug-likeness (QED) is 0.808. The molecule has 0 aliphatic heterocycles. The number of rotatable bonds is 4. The Morgan fingerprint density at radius 3 is 2.71 bits per heavy atom. The Kier molecular flexibility index (Phi) is 4.43. The summed E-state index contributed by atoms with van der Waals surface area (Å²) in [4.78, 5) is 0. The lowest BCUT2D eigenvalue weighted by atomic mass is 10.00. The van der Waals surface area contributed by atoms with E-state index in [-0.39, 0.29) is 0 Å². The van der Waals surface area contributed by atoms with Crippen LogP contribution in [-0.4, -0.2) is 13.6 Å². The van der Waals surface area contributed by atoms with E-state index in [9.17, 15) is 0 Å². The van der Waals surface area contributed by atoms with E-state index in [0.29, 0.717) is 5.92 Å². The Bertz CT molecular complexity index is 296. The zero-order chi connectivity index (χ0) is 10.6. The third-order valence-electron chi connectivity index (χ3n) is 2.36. The van der Waals surface area contributed by atoms with Crippen LogP contribution in [0.3, 0.4) is 0 Å². The van der Waals surface area contributed by atoms with E-state index >= 15 is 0 Å². The van der Waals surface area contributed by atoms with Crippen molar-refractivity contribution >= 4 is 11.6 Å². The molecule has 1 rings (SSSR count). The van der Waals surface area contributed by atoms with Crippen molar-refractivity contribution in [2.24, 2.45) is 5.92 Å². The second-order valence-corrected chi connectivity index (χ2v) is 4.36. The van der Waals surface area contributed by atoms with E-state index in [0.717, 1.165) is 18.0 Å². The molecule has 0 aliphatic carbocycles. The molecule has 0 saturated heterocycles. The first kappa shape index (κ1) is 11.5. The molecule has 0 fully saturated rings. The van der Waals surface area contributed by atoms with Crippen molar-refractivity contribution in [1.82, 2.24) is 5.32 Å². The summed E-state index contributed by atoms with van der Waals surface area (Å²) in [5.41, 5.74) is 2.54. The van der Waals surface area contributed by atoms with Gasteiger partial charge in [0.25, 0.3) is 0 Å². The molecule has 14 heavy (non-hydrogen) atoms. The summed E-state index contributed by atoms with van der Waals surface area (Å²) >= 11 is 5.97. The van der Waals surface area contributed by atoms with Gasteiger partial charge in [0.1, 0.15) is 0 Å². The molecule has 1 N–H and O–H groups in total. The van der Waals surface area contributed by atoms with Crippen LogP contribution >= 0.6 is 11.6 Å². The van der Waals surface area contributed by atoms with Crippen molar-refractivity contribution in [3.05, 3.63) is 34.3 Å². The summed E-state index contributed by atoms with van der Waals surface area (Å²) in [5, 5.41) is 4.04. The summed E-state index contributed by atoms with van der Waals surface area (Å²) < 4.78 is 0. The Hall–Kier alpha value is -0.530. The Morgan fingerprint density at radius 2 is 2.14 bits per heavy atom. The lowest BCUT2D eigenvalue weighted by Crippen LogP contribution is -2.17. The molecule has 1 nitrogen and oxygen atoms in total. The summed E-state index contributed by atoms with van der Waals surface area (Å²) in [5.74, 6) is 0.667. The van der Waals surface area contributed by atoms with Gasteiger partial charge in [-0.25, -0.2) is 0 Å². The van der Waals surface area contributed by atoms with Gasteiger partial charge in [-0.2, -0.15) is 0 Å². The summed E-state index contributed by atoms with van der Waals surface area (Å²) in [6.45, 7) is 5.36. The number of aryl methyl sites for hydroxylation is 1. The Labute approximate surface area is 91.5 Å². The van der Waals surface area contributed by atoms with Crippen molar-refractivity contribution < 1.29 is 0 Å². The predicted octanol–water partition coefficient (Wildman–Crippen LogP) is 3.05. The fraction of sp³-hybridized carbons (Fsp3) is 0.500. The molecular weight excluding hydrogens is 194 g/mol. The van der Waals surface area contributed by atoms with Gasteiger partial charge in [-0.1, -0.05) is 30.7 Å². The average Bonchev–Trinajstić information content (AvgIpc) is 2.12. The topological polar surface area (TPSA) is 12.0 Å². The second kappa shape index (κ2) is 5.38. The van der Waals surface area contributed by atoms with Crippen LogP contribution in [0.4, 0.5) is 0 Å². The van der Waals surface area contributed by atoms with Crippen LogP contribution in [0.15, 0.2) is 18.2 Å². The van der Waals surface area contributed by atoms with E-state index < -0.39 is 0 Å². The van der Waals surface area contributed by atoms with E-state index in [2.05, 4.69) is 31.3 Å². The van der Waals surface area contributed by atoms with Crippen LogP contribution in [0.5, 0.6) is 0 Å². The Balaban J connectivity index is 2.63. The molecule has 2 heteroatoms. The molecule has 0 aromatic heterocycles. The zero-order valence-electron chi connectivity index (χ0n) is 9.10. The van der Waals surface area contributed by atoms with Gasteiger partial charge in [-0.3, -0.25) is 0 Å². The normalized spacial score (nSPS) is 12.9. The van der Waals surface area contributed by atoms with Crippen LogP contribution in [-0.2, 0) is 6.42 Å². The van der Waals surface area contributed by atoms with E-state index in [4.69, 9.17) is 11.6 Å². The molecule has 0 bridgehead atoms. The maximum atomic E-state index is 5.97. The SMILES string of the molecule is CNCC(C)Cc1ccc(Cl)c(C)c1. The maximum Gasteiger partial charge on any atom is 0.0435 e. The smallest absolute Gasteiger partial charge is 0.0435 e. The first-order valence-electron chi connectivity index (χ1n) is 5.03. The third-order valence-corrected chi connectivity index (χ3v) is 2.78. The minimum Gasteiger partial charge on any atom is -0.319 e. The molecule has 1 aromatic carbocycles. The van der Waals surface area contributed by atoms with Crippen LogP contribution in [0.25, 0.3) is 0 Å².